The van der Waals surface area contributed by atoms with Crippen molar-refractivity contribution in [1.29, 1.82) is 0 Å². The van der Waals surface area contributed by atoms with Crippen molar-refractivity contribution in [1.82, 2.24) is 4.98 Å². The molecule has 28 heavy (non-hydrogen) atoms. The lowest BCUT2D eigenvalue weighted by Gasteiger charge is -2.38. The summed E-state index contributed by atoms with van der Waals surface area (Å²) in [6, 6.07) is 11.0. The molecule has 1 spiro atoms. The first kappa shape index (κ1) is 18.7. The van der Waals surface area contributed by atoms with Crippen molar-refractivity contribution in [2.75, 3.05) is 43.1 Å². The van der Waals surface area contributed by atoms with Crippen LogP contribution in [0.2, 0.25) is 0 Å². The summed E-state index contributed by atoms with van der Waals surface area (Å²) in [6.07, 6.45) is 3.43. The summed E-state index contributed by atoms with van der Waals surface area (Å²) in [4.78, 5) is 19.0. The summed E-state index contributed by atoms with van der Waals surface area (Å²) < 4.78 is 16.9. The van der Waals surface area contributed by atoms with Crippen LogP contribution in [0.4, 0.5) is 11.4 Å². The number of hydrogen-bond acceptors (Lipinski definition) is 6. The summed E-state index contributed by atoms with van der Waals surface area (Å²) in [5.74, 6) is 0.155. The van der Waals surface area contributed by atoms with E-state index < -0.39 is 0 Å². The van der Waals surface area contributed by atoms with Crippen LogP contribution in [0.3, 0.4) is 0 Å². The third-order valence-corrected chi connectivity index (χ3v) is 5.11. The largest absolute Gasteiger partial charge is 0.494 e. The Balaban J connectivity index is 1.34. The number of pyridine rings is 1. The number of piperidine rings is 1. The van der Waals surface area contributed by atoms with Crippen LogP contribution in [0.1, 0.15) is 30.3 Å². The monoisotopic (exact) mass is 383 g/mol. The van der Waals surface area contributed by atoms with Crippen molar-refractivity contribution >= 4 is 17.3 Å². The fourth-order valence-electron chi connectivity index (χ4n) is 3.60. The molecule has 2 fully saturated rings. The van der Waals surface area contributed by atoms with Gasteiger partial charge in [0.1, 0.15) is 11.4 Å². The maximum absolute atomic E-state index is 12.4. The van der Waals surface area contributed by atoms with Gasteiger partial charge in [-0.05, 0) is 43.3 Å². The smallest absolute Gasteiger partial charge is 0.274 e. The average molecular weight is 383 g/mol. The molecule has 0 radical (unpaired) electrons. The molecule has 0 atom stereocenters. The Morgan fingerprint density at radius 2 is 1.86 bits per heavy atom. The second-order valence-electron chi connectivity index (χ2n) is 6.91. The van der Waals surface area contributed by atoms with E-state index in [9.17, 15) is 4.79 Å². The molecule has 1 aromatic heterocycles. The minimum atomic E-state index is -0.387. The van der Waals surface area contributed by atoms with E-state index in [1.807, 2.05) is 37.3 Å². The number of ether oxygens (including phenoxy) is 3. The Labute approximate surface area is 164 Å². The highest BCUT2D eigenvalue weighted by molar-refractivity contribution is 6.02. The summed E-state index contributed by atoms with van der Waals surface area (Å²) in [5, 5.41) is 2.86. The minimum absolute atomic E-state index is 0.235. The summed E-state index contributed by atoms with van der Waals surface area (Å²) >= 11 is 0. The maximum Gasteiger partial charge on any atom is 0.274 e. The van der Waals surface area contributed by atoms with Crippen LogP contribution in [0.15, 0.2) is 42.6 Å². The molecule has 0 unspecified atom stereocenters. The highest BCUT2D eigenvalue weighted by Crippen LogP contribution is 2.33. The van der Waals surface area contributed by atoms with Gasteiger partial charge in [-0.25, -0.2) is 4.98 Å². The number of carbonyl (C=O) groups excluding carboxylic acids is 1. The van der Waals surface area contributed by atoms with Crippen LogP contribution < -0.4 is 15.0 Å². The van der Waals surface area contributed by atoms with E-state index in [2.05, 4.69) is 15.2 Å². The van der Waals surface area contributed by atoms with Crippen LogP contribution in [-0.4, -0.2) is 49.6 Å². The molecule has 2 saturated heterocycles. The van der Waals surface area contributed by atoms with Crippen molar-refractivity contribution in [3.05, 3.63) is 48.3 Å². The predicted octanol–water partition coefficient (Wildman–Crippen LogP) is 3.08. The zero-order valence-electron chi connectivity index (χ0n) is 16.0. The Morgan fingerprint density at radius 3 is 2.46 bits per heavy atom. The molecule has 4 rings (SSSR count). The zero-order valence-corrected chi connectivity index (χ0v) is 16.0. The average Bonchev–Trinajstić information content (AvgIpc) is 3.18. The number of benzene rings is 1. The van der Waals surface area contributed by atoms with Crippen molar-refractivity contribution in [2.45, 2.75) is 25.6 Å². The SMILES string of the molecule is CCOc1ccc(NC(=O)c2ccc(N3CCC4(CC3)OCCO4)cn2)cc1. The zero-order chi connectivity index (χ0) is 19.4. The van der Waals surface area contributed by atoms with E-state index in [0.717, 1.165) is 37.4 Å². The number of amides is 1. The molecule has 7 nitrogen and oxygen atoms in total. The highest BCUT2D eigenvalue weighted by atomic mass is 16.7. The Morgan fingerprint density at radius 1 is 1.14 bits per heavy atom. The molecule has 1 aromatic carbocycles. The van der Waals surface area contributed by atoms with Gasteiger partial charge in [0.05, 0.1) is 31.7 Å². The number of nitrogens with one attached hydrogen (secondary N) is 1. The molecule has 1 amide bonds. The molecule has 0 saturated carbocycles. The van der Waals surface area contributed by atoms with E-state index in [1.165, 1.54) is 0 Å². The number of anilines is 2. The quantitative estimate of drug-likeness (QED) is 0.855. The van der Waals surface area contributed by atoms with Gasteiger partial charge in [-0.15, -0.1) is 0 Å². The molecule has 7 heteroatoms. The summed E-state index contributed by atoms with van der Waals surface area (Å²) in [7, 11) is 0. The molecule has 2 aliphatic heterocycles. The maximum atomic E-state index is 12.4. The number of hydrogen-bond donors (Lipinski definition) is 1. The van der Waals surface area contributed by atoms with Crippen LogP contribution in [0.25, 0.3) is 0 Å². The standard InChI is InChI=1S/C21H25N3O4/c1-2-26-18-6-3-16(4-7-18)23-20(25)19-8-5-17(15-22-19)24-11-9-21(10-12-24)27-13-14-28-21/h3-8,15H,2,9-14H2,1H3,(H,23,25). The third-order valence-electron chi connectivity index (χ3n) is 5.11. The van der Waals surface area contributed by atoms with Gasteiger partial charge in [0.2, 0.25) is 0 Å². The van der Waals surface area contributed by atoms with Crippen molar-refractivity contribution in [3.8, 4) is 5.75 Å². The second-order valence-corrected chi connectivity index (χ2v) is 6.91. The highest BCUT2D eigenvalue weighted by Gasteiger charge is 2.39. The lowest BCUT2D eigenvalue weighted by Crippen LogP contribution is -2.45. The van der Waals surface area contributed by atoms with E-state index in [0.29, 0.717) is 31.2 Å². The molecular weight excluding hydrogens is 358 g/mol. The molecule has 0 bridgehead atoms. The van der Waals surface area contributed by atoms with Crippen LogP contribution in [-0.2, 0) is 9.47 Å². The van der Waals surface area contributed by atoms with Crippen LogP contribution in [0.5, 0.6) is 5.75 Å². The van der Waals surface area contributed by atoms with Crippen LogP contribution >= 0.6 is 0 Å². The van der Waals surface area contributed by atoms with Gasteiger partial charge in [0, 0.05) is 31.6 Å². The van der Waals surface area contributed by atoms with Gasteiger partial charge in [0.25, 0.3) is 5.91 Å². The molecule has 3 heterocycles. The van der Waals surface area contributed by atoms with Gasteiger partial charge < -0.3 is 24.4 Å². The molecule has 2 aromatic rings. The number of rotatable bonds is 5. The summed E-state index contributed by atoms with van der Waals surface area (Å²) in [6.45, 7) is 5.60. The molecule has 1 N–H and O–H groups in total. The second kappa shape index (κ2) is 8.16. The number of nitrogens with zero attached hydrogens (tertiary/aromatic N) is 2. The number of carbonyl (C=O) groups is 1. The molecular formula is C21H25N3O4. The molecule has 2 aliphatic rings. The first-order chi connectivity index (χ1) is 13.7. The van der Waals surface area contributed by atoms with E-state index >= 15 is 0 Å². The fraction of sp³-hybridized carbons (Fsp3) is 0.429. The van der Waals surface area contributed by atoms with Crippen molar-refractivity contribution in [3.63, 3.8) is 0 Å². The summed E-state index contributed by atoms with van der Waals surface area (Å²) in [5.41, 5.74) is 2.09. The Kier molecular flexibility index (Phi) is 5.45. The van der Waals surface area contributed by atoms with Gasteiger partial charge in [0.15, 0.2) is 5.79 Å². The first-order valence-electron chi connectivity index (χ1n) is 9.71. The first-order valence-corrected chi connectivity index (χ1v) is 9.71. The Bertz CT molecular complexity index is 791. The van der Waals surface area contributed by atoms with Gasteiger partial charge >= 0.3 is 0 Å². The number of aromatic nitrogens is 1. The minimum Gasteiger partial charge on any atom is -0.494 e. The van der Waals surface area contributed by atoms with Crippen molar-refractivity contribution in [2.24, 2.45) is 0 Å². The lowest BCUT2D eigenvalue weighted by atomic mass is 10.0. The lowest BCUT2D eigenvalue weighted by molar-refractivity contribution is -0.169. The molecule has 148 valence electrons. The fourth-order valence-corrected chi connectivity index (χ4v) is 3.60. The Hall–Kier alpha value is -2.64. The normalized spacial score (nSPS) is 18.2. The topological polar surface area (TPSA) is 72.9 Å². The van der Waals surface area contributed by atoms with Gasteiger partial charge in [-0.2, -0.15) is 0 Å². The van der Waals surface area contributed by atoms with E-state index in [-0.39, 0.29) is 11.7 Å². The van der Waals surface area contributed by atoms with Crippen LogP contribution in [0, 0.1) is 0 Å². The van der Waals surface area contributed by atoms with Crippen molar-refractivity contribution < 1.29 is 19.0 Å². The van der Waals surface area contributed by atoms with E-state index in [4.69, 9.17) is 14.2 Å². The van der Waals surface area contributed by atoms with E-state index in [1.54, 1.807) is 12.3 Å². The third kappa shape index (κ3) is 4.10. The molecule has 0 aliphatic carbocycles. The predicted molar refractivity (Wildman–Crippen MR) is 106 cm³/mol. The van der Waals surface area contributed by atoms with Gasteiger partial charge in [-0.1, -0.05) is 0 Å². The van der Waals surface area contributed by atoms with Gasteiger partial charge in [-0.3, -0.25) is 4.79 Å².